The monoisotopic (exact) mass is 410 g/mol. The fourth-order valence-corrected chi connectivity index (χ4v) is 3.16. The topological polar surface area (TPSA) is 34.5 Å². The van der Waals surface area contributed by atoms with Crippen molar-refractivity contribution in [2.45, 2.75) is 51.9 Å². The molecule has 2 rings (SSSR count). The molecule has 0 unspecified atom stereocenters. The maximum Gasteiger partial charge on any atom is 0.416 e. The average Bonchev–Trinajstić information content (AvgIpc) is 3.11. The van der Waals surface area contributed by atoms with Gasteiger partial charge in [0.1, 0.15) is 0 Å². The fraction of sp³-hybridized carbons (Fsp3) is 0.500. The molecule has 0 saturated carbocycles. The zero-order valence-electron chi connectivity index (χ0n) is 17.0. The number of hydrogen-bond donors (Lipinski definition) is 0. The van der Waals surface area contributed by atoms with Crippen LogP contribution < -0.4 is 0 Å². The second-order valence-corrected chi connectivity index (χ2v) is 7.09. The number of nitrogens with zero attached hydrogens (tertiary/aromatic N) is 2. The first kappa shape index (κ1) is 23.0. The molecule has 0 aliphatic rings. The number of methoxy groups -OCH3 is 1. The van der Waals surface area contributed by atoms with Crippen LogP contribution >= 0.6 is 0 Å². The van der Waals surface area contributed by atoms with Gasteiger partial charge in [0.25, 0.3) is 0 Å². The normalized spacial score (nSPS) is 11.6. The lowest BCUT2D eigenvalue weighted by Crippen LogP contribution is -2.34. The van der Waals surface area contributed by atoms with Gasteiger partial charge in [-0.2, -0.15) is 13.2 Å². The molecule has 0 aliphatic heterocycles. The zero-order valence-corrected chi connectivity index (χ0v) is 17.0. The third kappa shape index (κ3) is 7.24. The summed E-state index contributed by atoms with van der Waals surface area (Å²) in [6.07, 6.45) is 0.861. The van der Waals surface area contributed by atoms with Crippen molar-refractivity contribution in [3.05, 3.63) is 59.4 Å². The van der Waals surface area contributed by atoms with Crippen molar-refractivity contribution in [3.63, 3.8) is 0 Å². The molecule has 1 aromatic heterocycles. The summed E-state index contributed by atoms with van der Waals surface area (Å²) in [6.45, 7) is 3.73. The van der Waals surface area contributed by atoms with E-state index in [9.17, 15) is 18.0 Å². The van der Waals surface area contributed by atoms with E-state index in [1.165, 1.54) is 12.1 Å². The number of amides is 1. The van der Waals surface area contributed by atoms with Gasteiger partial charge >= 0.3 is 6.18 Å². The van der Waals surface area contributed by atoms with Crippen molar-refractivity contribution in [1.82, 2.24) is 9.47 Å². The maximum atomic E-state index is 13.0. The third-order valence-corrected chi connectivity index (χ3v) is 4.80. The molecule has 29 heavy (non-hydrogen) atoms. The lowest BCUT2D eigenvalue weighted by atomic mass is 10.1. The SMILES string of the molecule is CCCCCC(=O)N(CCOC)Cc1cccn1Cc1cccc(C(F)(F)F)c1. The predicted molar refractivity (Wildman–Crippen MR) is 106 cm³/mol. The number of ether oxygens (including phenoxy) is 1. The highest BCUT2D eigenvalue weighted by Crippen LogP contribution is 2.29. The molecule has 4 nitrogen and oxygen atoms in total. The molecule has 1 aromatic carbocycles. The van der Waals surface area contributed by atoms with Crippen LogP contribution in [0.1, 0.15) is 49.4 Å². The number of alkyl halides is 3. The van der Waals surface area contributed by atoms with E-state index in [0.29, 0.717) is 38.2 Å². The number of rotatable bonds is 11. The first-order chi connectivity index (χ1) is 13.8. The molecular weight excluding hydrogens is 381 g/mol. The van der Waals surface area contributed by atoms with E-state index in [1.807, 2.05) is 22.9 Å². The van der Waals surface area contributed by atoms with Gasteiger partial charge in [0.05, 0.1) is 18.7 Å². The lowest BCUT2D eigenvalue weighted by molar-refractivity contribution is -0.137. The first-order valence-corrected chi connectivity index (χ1v) is 9.92. The van der Waals surface area contributed by atoms with Gasteiger partial charge in [0.15, 0.2) is 0 Å². The van der Waals surface area contributed by atoms with Crippen LogP contribution in [0.2, 0.25) is 0 Å². The molecule has 1 heterocycles. The van der Waals surface area contributed by atoms with E-state index < -0.39 is 11.7 Å². The van der Waals surface area contributed by atoms with Gasteiger partial charge in [-0.05, 0) is 36.2 Å². The van der Waals surface area contributed by atoms with Crippen LogP contribution in [-0.2, 0) is 28.8 Å². The Morgan fingerprint density at radius 1 is 1.17 bits per heavy atom. The smallest absolute Gasteiger partial charge is 0.383 e. The van der Waals surface area contributed by atoms with Crippen molar-refractivity contribution >= 4 is 5.91 Å². The van der Waals surface area contributed by atoms with Gasteiger partial charge in [-0.15, -0.1) is 0 Å². The third-order valence-electron chi connectivity index (χ3n) is 4.80. The van der Waals surface area contributed by atoms with Gasteiger partial charge in [0.2, 0.25) is 5.91 Å². The summed E-state index contributed by atoms with van der Waals surface area (Å²) in [7, 11) is 1.59. The fourth-order valence-electron chi connectivity index (χ4n) is 3.16. The van der Waals surface area contributed by atoms with Crippen molar-refractivity contribution in [3.8, 4) is 0 Å². The van der Waals surface area contributed by atoms with Crippen molar-refractivity contribution in [2.24, 2.45) is 0 Å². The molecule has 1 amide bonds. The van der Waals surface area contributed by atoms with Crippen LogP contribution in [0, 0.1) is 0 Å². The minimum Gasteiger partial charge on any atom is -0.383 e. The number of carbonyl (C=O) groups is 1. The van der Waals surface area contributed by atoms with Gasteiger partial charge in [-0.3, -0.25) is 4.79 Å². The molecule has 0 bridgehead atoms. The summed E-state index contributed by atoms with van der Waals surface area (Å²) < 4.78 is 45.9. The highest BCUT2D eigenvalue weighted by molar-refractivity contribution is 5.76. The van der Waals surface area contributed by atoms with Crippen LogP contribution in [0.4, 0.5) is 13.2 Å². The summed E-state index contributed by atoms with van der Waals surface area (Å²) in [5, 5.41) is 0. The Bertz CT molecular complexity index is 771. The van der Waals surface area contributed by atoms with Crippen LogP contribution in [0.25, 0.3) is 0 Å². The van der Waals surface area contributed by atoms with Gasteiger partial charge in [-0.25, -0.2) is 0 Å². The van der Waals surface area contributed by atoms with Crippen LogP contribution in [-0.4, -0.2) is 35.6 Å². The van der Waals surface area contributed by atoms with E-state index in [0.717, 1.165) is 31.0 Å². The Morgan fingerprint density at radius 2 is 1.97 bits per heavy atom. The average molecular weight is 410 g/mol. The Balaban J connectivity index is 2.11. The Kier molecular flexibility index (Phi) is 8.76. The molecule has 0 saturated heterocycles. The van der Waals surface area contributed by atoms with E-state index in [1.54, 1.807) is 18.1 Å². The van der Waals surface area contributed by atoms with Crippen molar-refractivity contribution in [1.29, 1.82) is 0 Å². The van der Waals surface area contributed by atoms with Gasteiger partial charge in [-0.1, -0.05) is 31.9 Å². The summed E-state index contributed by atoms with van der Waals surface area (Å²) in [5.41, 5.74) is 0.786. The molecule has 7 heteroatoms. The number of halogens is 3. The van der Waals surface area contributed by atoms with E-state index in [-0.39, 0.29) is 5.91 Å². The van der Waals surface area contributed by atoms with Crippen molar-refractivity contribution < 1.29 is 22.7 Å². The Morgan fingerprint density at radius 3 is 2.66 bits per heavy atom. The molecule has 0 atom stereocenters. The molecule has 0 spiro atoms. The highest BCUT2D eigenvalue weighted by Gasteiger charge is 2.30. The predicted octanol–water partition coefficient (Wildman–Crippen LogP) is 5.11. The standard InChI is InChI=1S/C22H29F3N2O2/c1-3-4-5-11-21(28)27(13-14-29-2)17-20-10-7-12-26(20)16-18-8-6-9-19(15-18)22(23,24)25/h6-10,12,15H,3-5,11,13-14,16-17H2,1-2H3. The number of benzene rings is 1. The molecular formula is C22H29F3N2O2. The minimum atomic E-state index is -4.36. The number of unbranched alkanes of at least 4 members (excludes halogenated alkanes) is 2. The second-order valence-electron chi connectivity index (χ2n) is 7.09. The number of carbonyl (C=O) groups excluding carboxylic acids is 1. The molecule has 0 N–H and O–H groups in total. The molecule has 2 aromatic rings. The quantitative estimate of drug-likeness (QED) is 0.483. The van der Waals surface area contributed by atoms with Crippen molar-refractivity contribution in [2.75, 3.05) is 20.3 Å². The molecule has 0 aliphatic carbocycles. The highest BCUT2D eigenvalue weighted by atomic mass is 19.4. The largest absolute Gasteiger partial charge is 0.416 e. The van der Waals surface area contributed by atoms with E-state index >= 15 is 0 Å². The van der Waals surface area contributed by atoms with Gasteiger partial charge < -0.3 is 14.2 Å². The summed E-state index contributed by atoms with van der Waals surface area (Å²) >= 11 is 0. The van der Waals surface area contributed by atoms with Gasteiger partial charge in [0, 0.05) is 38.5 Å². The number of hydrogen-bond acceptors (Lipinski definition) is 2. The molecule has 160 valence electrons. The zero-order chi connectivity index (χ0) is 21.3. The van der Waals surface area contributed by atoms with Crippen LogP contribution in [0.15, 0.2) is 42.6 Å². The Hall–Kier alpha value is -2.28. The van der Waals surface area contributed by atoms with Crippen LogP contribution in [0.3, 0.4) is 0 Å². The second kappa shape index (κ2) is 11.0. The Labute approximate surface area is 170 Å². The lowest BCUT2D eigenvalue weighted by Gasteiger charge is -2.23. The number of aromatic nitrogens is 1. The molecule has 0 fully saturated rings. The maximum absolute atomic E-state index is 13.0. The summed E-state index contributed by atoms with van der Waals surface area (Å²) in [4.78, 5) is 14.4. The first-order valence-electron chi connectivity index (χ1n) is 9.92. The van der Waals surface area contributed by atoms with Crippen LogP contribution in [0.5, 0.6) is 0 Å². The van der Waals surface area contributed by atoms with E-state index in [4.69, 9.17) is 4.74 Å². The summed E-state index contributed by atoms with van der Waals surface area (Å²) in [6, 6.07) is 9.08. The molecule has 0 radical (unpaired) electrons. The summed E-state index contributed by atoms with van der Waals surface area (Å²) in [5.74, 6) is 0.0716. The minimum absolute atomic E-state index is 0.0716. The van der Waals surface area contributed by atoms with E-state index in [2.05, 4.69) is 6.92 Å².